The largest absolute Gasteiger partial charge is 0.358 e. The fourth-order valence-corrected chi connectivity index (χ4v) is 2.78. The van der Waals surface area contributed by atoms with Crippen LogP contribution in [0.1, 0.15) is 24.8 Å². The average Bonchev–Trinajstić information content (AvgIpc) is 2.50. The molecule has 0 N–H and O–H groups in total. The summed E-state index contributed by atoms with van der Waals surface area (Å²) >= 11 is 0. The van der Waals surface area contributed by atoms with Crippen LogP contribution in [-0.2, 0) is 4.74 Å². The zero-order valence-electron chi connectivity index (χ0n) is 12.0. The van der Waals surface area contributed by atoms with Crippen molar-refractivity contribution in [3.63, 3.8) is 0 Å². The quantitative estimate of drug-likeness (QED) is 0.802. The Hall–Kier alpha value is -1.80. The van der Waals surface area contributed by atoms with E-state index in [-0.39, 0.29) is 6.23 Å². The highest BCUT2D eigenvalue weighted by molar-refractivity contribution is 5.64. The molecule has 1 unspecified atom stereocenters. The van der Waals surface area contributed by atoms with Crippen LogP contribution < -0.4 is 4.90 Å². The van der Waals surface area contributed by atoms with Crippen LogP contribution in [0, 0.1) is 6.92 Å². The second-order valence-electron chi connectivity index (χ2n) is 5.37. The molecule has 104 valence electrons. The third-order valence-corrected chi connectivity index (χ3v) is 3.76. The average molecular weight is 267 g/mol. The molecule has 0 saturated carbocycles. The molecule has 0 amide bonds. The fourth-order valence-electron chi connectivity index (χ4n) is 2.78. The summed E-state index contributed by atoms with van der Waals surface area (Å²) in [5, 5.41) is 0. The van der Waals surface area contributed by atoms with Crippen molar-refractivity contribution in [2.45, 2.75) is 32.4 Å². The Kier molecular flexibility index (Phi) is 4.03. The summed E-state index contributed by atoms with van der Waals surface area (Å²) in [6.45, 7) is 2.99. The Bertz CT molecular complexity index is 546. The predicted molar refractivity (Wildman–Crippen MR) is 83.4 cm³/mol. The van der Waals surface area contributed by atoms with Crippen LogP contribution in [-0.4, -0.2) is 12.8 Å². The summed E-state index contributed by atoms with van der Waals surface area (Å²) < 4.78 is 6.01. The van der Waals surface area contributed by atoms with E-state index in [1.54, 1.807) is 0 Å². The molecule has 1 heterocycles. The maximum atomic E-state index is 6.01. The van der Waals surface area contributed by atoms with Gasteiger partial charge >= 0.3 is 0 Å². The SMILES string of the molecule is Cc1cccc(N(c2ccccc2)C2CCCCO2)c1. The maximum Gasteiger partial charge on any atom is 0.134 e. The van der Waals surface area contributed by atoms with Crippen molar-refractivity contribution >= 4 is 11.4 Å². The Morgan fingerprint density at radius 1 is 0.950 bits per heavy atom. The zero-order valence-corrected chi connectivity index (χ0v) is 12.0. The second-order valence-corrected chi connectivity index (χ2v) is 5.37. The summed E-state index contributed by atoms with van der Waals surface area (Å²) in [6, 6.07) is 19.2. The molecule has 0 aromatic heterocycles. The number of hydrogen-bond acceptors (Lipinski definition) is 2. The van der Waals surface area contributed by atoms with Crippen LogP contribution in [0.5, 0.6) is 0 Å². The molecule has 20 heavy (non-hydrogen) atoms. The highest BCUT2D eigenvalue weighted by Crippen LogP contribution is 2.32. The van der Waals surface area contributed by atoms with Crippen molar-refractivity contribution in [1.29, 1.82) is 0 Å². The molecule has 0 radical (unpaired) electrons. The lowest BCUT2D eigenvalue weighted by Crippen LogP contribution is -2.36. The van der Waals surface area contributed by atoms with Crippen LogP contribution in [0.2, 0.25) is 0 Å². The lowest BCUT2D eigenvalue weighted by atomic mass is 10.1. The van der Waals surface area contributed by atoms with Gasteiger partial charge in [-0.25, -0.2) is 0 Å². The van der Waals surface area contributed by atoms with E-state index in [9.17, 15) is 0 Å². The molecule has 2 heteroatoms. The molecule has 0 spiro atoms. The number of nitrogens with zero attached hydrogens (tertiary/aromatic N) is 1. The molecular weight excluding hydrogens is 246 g/mol. The van der Waals surface area contributed by atoms with E-state index in [1.165, 1.54) is 29.8 Å². The molecule has 1 aliphatic heterocycles. The van der Waals surface area contributed by atoms with Gasteiger partial charge in [0.2, 0.25) is 0 Å². The fraction of sp³-hybridized carbons (Fsp3) is 0.333. The molecule has 0 aliphatic carbocycles. The summed E-state index contributed by atoms with van der Waals surface area (Å²) in [5.74, 6) is 0. The molecule has 1 fully saturated rings. The number of para-hydroxylation sites is 1. The van der Waals surface area contributed by atoms with Gasteiger partial charge in [0.25, 0.3) is 0 Å². The first-order valence-corrected chi connectivity index (χ1v) is 7.37. The van der Waals surface area contributed by atoms with Crippen molar-refractivity contribution in [3.8, 4) is 0 Å². The predicted octanol–water partition coefficient (Wildman–Crippen LogP) is 4.66. The zero-order chi connectivity index (χ0) is 13.8. The Labute approximate surface area is 121 Å². The van der Waals surface area contributed by atoms with Gasteiger partial charge in [-0.05, 0) is 56.0 Å². The molecule has 3 rings (SSSR count). The first-order chi connectivity index (χ1) is 9.84. The number of ether oxygens (including phenoxy) is 1. The molecule has 2 nitrogen and oxygen atoms in total. The summed E-state index contributed by atoms with van der Waals surface area (Å²) in [4.78, 5) is 2.33. The molecule has 2 aromatic carbocycles. The van der Waals surface area contributed by atoms with Crippen LogP contribution in [0.15, 0.2) is 54.6 Å². The van der Waals surface area contributed by atoms with Crippen molar-refractivity contribution in [3.05, 3.63) is 60.2 Å². The number of aryl methyl sites for hydroxylation is 1. The Morgan fingerprint density at radius 2 is 1.75 bits per heavy atom. The summed E-state index contributed by atoms with van der Waals surface area (Å²) in [7, 11) is 0. The lowest BCUT2D eigenvalue weighted by Gasteiger charge is -2.36. The standard InChI is InChI=1S/C18H21NO/c1-15-8-7-11-17(14-15)19(16-9-3-2-4-10-16)18-12-5-6-13-20-18/h2-4,7-11,14,18H,5-6,12-13H2,1H3. The van der Waals surface area contributed by atoms with Crippen LogP contribution in [0.4, 0.5) is 11.4 Å². The van der Waals surface area contributed by atoms with Gasteiger partial charge in [-0.1, -0.05) is 30.3 Å². The van der Waals surface area contributed by atoms with Gasteiger partial charge in [0.15, 0.2) is 0 Å². The number of rotatable bonds is 3. The first-order valence-electron chi connectivity index (χ1n) is 7.37. The Balaban J connectivity index is 1.98. The van der Waals surface area contributed by atoms with Crippen LogP contribution >= 0.6 is 0 Å². The van der Waals surface area contributed by atoms with E-state index in [2.05, 4.69) is 66.4 Å². The van der Waals surface area contributed by atoms with Gasteiger partial charge in [-0.2, -0.15) is 0 Å². The van der Waals surface area contributed by atoms with Gasteiger partial charge in [0.1, 0.15) is 6.23 Å². The van der Waals surface area contributed by atoms with Crippen LogP contribution in [0.25, 0.3) is 0 Å². The smallest absolute Gasteiger partial charge is 0.134 e. The van der Waals surface area contributed by atoms with E-state index in [0.717, 1.165) is 13.0 Å². The van der Waals surface area contributed by atoms with E-state index >= 15 is 0 Å². The normalized spacial score (nSPS) is 18.8. The number of anilines is 2. The van der Waals surface area contributed by atoms with Crippen molar-refractivity contribution in [2.75, 3.05) is 11.5 Å². The molecule has 1 atom stereocenters. The maximum absolute atomic E-state index is 6.01. The van der Waals surface area contributed by atoms with Gasteiger partial charge in [0, 0.05) is 18.0 Å². The van der Waals surface area contributed by atoms with E-state index in [4.69, 9.17) is 4.74 Å². The first kappa shape index (κ1) is 13.2. The minimum Gasteiger partial charge on any atom is -0.358 e. The van der Waals surface area contributed by atoms with E-state index < -0.39 is 0 Å². The highest BCUT2D eigenvalue weighted by Gasteiger charge is 2.23. The van der Waals surface area contributed by atoms with E-state index in [0.29, 0.717) is 0 Å². The Morgan fingerprint density at radius 3 is 2.45 bits per heavy atom. The van der Waals surface area contributed by atoms with Gasteiger partial charge in [0.05, 0.1) is 0 Å². The third kappa shape index (κ3) is 2.86. The second kappa shape index (κ2) is 6.10. The van der Waals surface area contributed by atoms with Crippen LogP contribution in [0.3, 0.4) is 0 Å². The molecule has 0 bridgehead atoms. The molecule has 1 aliphatic rings. The molecule has 1 saturated heterocycles. The summed E-state index contributed by atoms with van der Waals surface area (Å²) in [5.41, 5.74) is 3.69. The van der Waals surface area contributed by atoms with Gasteiger partial charge < -0.3 is 9.64 Å². The third-order valence-electron chi connectivity index (χ3n) is 3.76. The van der Waals surface area contributed by atoms with Crippen molar-refractivity contribution in [2.24, 2.45) is 0 Å². The number of hydrogen-bond donors (Lipinski definition) is 0. The molecular formula is C18H21NO. The number of benzene rings is 2. The van der Waals surface area contributed by atoms with Crippen molar-refractivity contribution in [1.82, 2.24) is 0 Å². The van der Waals surface area contributed by atoms with Gasteiger partial charge in [-0.3, -0.25) is 0 Å². The minimum absolute atomic E-state index is 0.146. The molecule has 2 aromatic rings. The van der Waals surface area contributed by atoms with Crippen molar-refractivity contribution < 1.29 is 4.74 Å². The summed E-state index contributed by atoms with van der Waals surface area (Å²) in [6.07, 6.45) is 3.64. The monoisotopic (exact) mass is 267 g/mol. The topological polar surface area (TPSA) is 12.5 Å². The lowest BCUT2D eigenvalue weighted by molar-refractivity contribution is 0.0208. The van der Waals surface area contributed by atoms with Gasteiger partial charge in [-0.15, -0.1) is 0 Å². The van der Waals surface area contributed by atoms with E-state index in [1.807, 2.05) is 0 Å². The minimum atomic E-state index is 0.146. The highest BCUT2D eigenvalue weighted by atomic mass is 16.5.